The first-order chi connectivity index (χ1) is 11.9. The number of nitrogens with zero attached hydrogens (tertiary/aromatic N) is 4. The highest BCUT2D eigenvalue weighted by Crippen LogP contribution is 2.26. The summed E-state index contributed by atoms with van der Waals surface area (Å²) in [6, 6.07) is 6.39. The largest absolute Gasteiger partial charge is 0.378 e. The van der Waals surface area contributed by atoms with E-state index in [1.54, 1.807) is 11.3 Å². The zero-order valence-corrected chi connectivity index (χ0v) is 14.5. The summed E-state index contributed by atoms with van der Waals surface area (Å²) >= 11 is 1.79. The quantitative estimate of drug-likeness (QED) is 0.843. The lowest BCUT2D eigenvalue weighted by atomic mass is 10.2. The van der Waals surface area contributed by atoms with Crippen LogP contribution in [-0.2, 0) is 16.0 Å². The van der Waals surface area contributed by atoms with E-state index < -0.39 is 0 Å². The van der Waals surface area contributed by atoms with Crippen LogP contribution >= 0.6 is 11.3 Å². The number of thiophene rings is 1. The molecule has 0 aliphatic carbocycles. The molecule has 7 heteroatoms. The molecule has 128 valence electrons. The Morgan fingerprint density at radius 2 is 2.00 bits per heavy atom. The summed E-state index contributed by atoms with van der Waals surface area (Å²) in [5.41, 5.74) is 0. The van der Waals surface area contributed by atoms with E-state index in [1.165, 1.54) is 4.88 Å². The third-order valence-corrected chi connectivity index (χ3v) is 5.33. The summed E-state index contributed by atoms with van der Waals surface area (Å²) in [7, 11) is 0. The predicted molar refractivity (Wildman–Crippen MR) is 93.4 cm³/mol. The van der Waals surface area contributed by atoms with Crippen molar-refractivity contribution in [2.24, 2.45) is 0 Å². The van der Waals surface area contributed by atoms with Gasteiger partial charge in [-0.25, -0.2) is 9.97 Å². The van der Waals surface area contributed by atoms with E-state index in [0.29, 0.717) is 6.61 Å². The van der Waals surface area contributed by atoms with Gasteiger partial charge in [0.2, 0.25) is 0 Å². The van der Waals surface area contributed by atoms with Gasteiger partial charge in [-0.2, -0.15) is 0 Å². The second-order valence-electron chi connectivity index (χ2n) is 6.01. The summed E-state index contributed by atoms with van der Waals surface area (Å²) in [4.78, 5) is 15.4. The van der Waals surface area contributed by atoms with Crippen LogP contribution in [0.2, 0.25) is 0 Å². The monoisotopic (exact) mass is 346 g/mol. The molecule has 24 heavy (non-hydrogen) atoms. The van der Waals surface area contributed by atoms with Gasteiger partial charge in [-0.3, -0.25) is 4.90 Å². The van der Waals surface area contributed by atoms with E-state index in [4.69, 9.17) is 14.5 Å². The fourth-order valence-electron chi connectivity index (χ4n) is 3.16. The van der Waals surface area contributed by atoms with Crippen LogP contribution < -0.4 is 4.90 Å². The topological polar surface area (TPSA) is 50.7 Å². The number of morpholine rings is 2. The molecule has 2 aliphatic heterocycles. The Hall–Kier alpha value is -1.54. The molecule has 1 unspecified atom stereocenters. The highest BCUT2D eigenvalue weighted by Gasteiger charge is 2.28. The van der Waals surface area contributed by atoms with Crippen molar-refractivity contribution in [2.75, 3.05) is 51.0 Å². The Morgan fingerprint density at radius 3 is 2.83 bits per heavy atom. The molecular weight excluding hydrogens is 324 g/mol. The third-order valence-electron chi connectivity index (χ3n) is 4.47. The number of rotatable bonds is 4. The van der Waals surface area contributed by atoms with Gasteiger partial charge in [-0.05, 0) is 17.5 Å². The van der Waals surface area contributed by atoms with Gasteiger partial charge in [0.25, 0.3) is 0 Å². The molecule has 2 aliphatic rings. The number of ether oxygens (including phenoxy) is 2. The first kappa shape index (κ1) is 16.0. The fourth-order valence-corrected chi connectivity index (χ4v) is 3.89. The minimum absolute atomic E-state index is 0.113. The lowest BCUT2D eigenvalue weighted by molar-refractivity contribution is -0.0154. The molecule has 0 radical (unpaired) electrons. The normalized spacial score (nSPS) is 22.7. The van der Waals surface area contributed by atoms with E-state index in [9.17, 15) is 0 Å². The summed E-state index contributed by atoms with van der Waals surface area (Å²) in [5.74, 6) is 1.85. The fraction of sp³-hybridized carbons (Fsp3) is 0.529. The van der Waals surface area contributed by atoms with E-state index in [1.807, 2.05) is 12.3 Å². The molecule has 0 spiro atoms. The van der Waals surface area contributed by atoms with E-state index >= 15 is 0 Å². The lowest BCUT2D eigenvalue weighted by Crippen LogP contribution is -2.40. The van der Waals surface area contributed by atoms with E-state index in [2.05, 4.69) is 32.3 Å². The molecule has 1 atom stereocenters. The third kappa shape index (κ3) is 3.59. The number of hydrogen-bond acceptors (Lipinski definition) is 7. The maximum absolute atomic E-state index is 5.72. The van der Waals surface area contributed by atoms with Crippen LogP contribution in [0, 0.1) is 0 Å². The van der Waals surface area contributed by atoms with Crippen molar-refractivity contribution in [1.29, 1.82) is 0 Å². The first-order valence-corrected chi connectivity index (χ1v) is 9.28. The van der Waals surface area contributed by atoms with Gasteiger partial charge in [0, 0.05) is 37.3 Å². The van der Waals surface area contributed by atoms with Gasteiger partial charge in [0.1, 0.15) is 11.6 Å². The molecule has 2 fully saturated rings. The maximum atomic E-state index is 5.72. The second-order valence-corrected chi connectivity index (χ2v) is 7.05. The molecule has 2 saturated heterocycles. The van der Waals surface area contributed by atoms with Crippen molar-refractivity contribution in [3.8, 4) is 0 Å². The van der Waals surface area contributed by atoms with Gasteiger partial charge >= 0.3 is 0 Å². The highest BCUT2D eigenvalue weighted by molar-refractivity contribution is 7.09. The zero-order chi connectivity index (χ0) is 16.2. The van der Waals surface area contributed by atoms with Crippen molar-refractivity contribution in [2.45, 2.75) is 12.6 Å². The number of hydrogen-bond donors (Lipinski definition) is 0. The molecule has 0 saturated carbocycles. The Labute approximate surface area is 146 Å². The second kappa shape index (κ2) is 7.57. The Kier molecular flexibility index (Phi) is 5.03. The SMILES string of the molecule is c1csc(CN2CCOCC2c2nccc(N3CCOCC3)n2)c1. The summed E-state index contributed by atoms with van der Waals surface area (Å²) in [5, 5.41) is 2.13. The molecule has 0 amide bonds. The minimum atomic E-state index is 0.113. The molecule has 0 aromatic carbocycles. The molecule has 6 nitrogen and oxygen atoms in total. The standard InChI is InChI=1S/C17H22N4O2S/c1-2-14(24-11-1)12-21-7-10-23-13-15(21)17-18-4-3-16(19-17)20-5-8-22-9-6-20/h1-4,11,15H,5-10,12-13H2. The lowest BCUT2D eigenvalue weighted by Gasteiger charge is -2.35. The average Bonchev–Trinajstić information content (AvgIpc) is 3.16. The average molecular weight is 346 g/mol. The van der Waals surface area contributed by atoms with Crippen LogP contribution in [0.4, 0.5) is 5.82 Å². The Balaban J connectivity index is 1.53. The molecular formula is C17H22N4O2S. The molecule has 0 N–H and O–H groups in total. The molecule has 4 rings (SSSR count). The molecule has 2 aromatic rings. The summed E-state index contributed by atoms with van der Waals surface area (Å²) < 4.78 is 11.2. The van der Waals surface area contributed by atoms with Gasteiger partial charge in [0.05, 0.1) is 32.5 Å². The first-order valence-electron chi connectivity index (χ1n) is 8.40. The van der Waals surface area contributed by atoms with Crippen LogP contribution in [-0.4, -0.2) is 60.9 Å². The summed E-state index contributed by atoms with van der Waals surface area (Å²) in [6.45, 7) is 6.55. The van der Waals surface area contributed by atoms with E-state index in [-0.39, 0.29) is 6.04 Å². The molecule has 2 aromatic heterocycles. The Bertz CT molecular complexity index is 646. The summed E-state index contributed by atoms with van der Waals surface area (Å²) in [6.07, 6.45) is 1.87. The van der Waals surface area contributed by atoms with Gasteiger partial charge in [-0.15, -0.1) is 11.3 Å². The van der Waals surface area contributed by atoms with Crippen molar-refractivity contribution in [3.63, 3.8) is 0 Å². The predicted octanol–water partition coefficient (Wildman–Crippen LogP) is 1.95. The Morgan fingerprint density at radius 1 is 1.12 bits per heavy atom. The number of aromatic nitrogens is 2. The van der Waals surface area contributed by atoms with Crippen molar-refractivity contribution >= 4 is 17.2 Å². The smallest absolute Gasteiger partial charge is 0.150 e. The van der Waals surface area contributed by atoms with Crippen molar-refractivity contribution in [1.82, 2.24) is 14.9 Å². The van der Waals surface area contributed by atoms with Crippen LogP contribution in [0.5, 0.6) is 0 Å². The van der Waals surface area contributed by atoms with Gasteiger partial charge in [0.15, 0.2) is 0 Å². The van der Waals surface area contributed by atoms with E-state index in [0.717, 1.165) is 57.6 Å². The van der Waals surface area contributed by atoms with Gasteiger partial charge < -0.3 is 14.4 Å². The minimum Gasteiger partial charge on any atom is -0.378 e. The van der Waals surface area contributed by atoms with Crippen LogP contribution in [0.1, 0.15) is 16.7 Å². The molecule has 0 bridgehead atoms. The highest BCUT2D eigenvalue weighted by atomic mass is 32.1. The van der Waals surface area contributed by atoms with Crippen molar-refractivity contribution in [3.05, 3.63) is 40.5 Å². The van der Waals surface area contributed by atoms with Gasteiger partial charge in [-0.1, -0.05) is 6.07 Å². The van der Waals surface area contributed by atoms with Crippen molar-refractivity contribution < 1.29 is 9.47 Å². The number of anilines is 1. The zero-order valence-electron chi connectivity index (χ0n) is 13.6. The maximum Gasteiger partial charge on any atom is 0.150 e. The van der Waals surface area contributed by atoms with Crippen LogP contribution in [0.15, 0.2) is 29.8 Å². The van der Waals surface area contributed by atoms with Crippen LogP contribution in [0.3, 0.4) is 0 Å². The molecule has 4 heterocycles. The van der Waals surface area contributed by atoms with Crippen LogP contribution in [0.25, 0.3) is 0 Å².